The van der Waals surface area contributed by atoms with Crippen molar-refractivity contribution in [3.63, 3.8) is 0 Å². The third-order valence-electron chi connectivity index (χ3n) is 9.59. The van der Waals surface area contributed by atoms with Crippen LogP contribution in [-0.4, -0.2) is 22.1 Å². The Morgan fingerprint density at radius 3 is 1.37 bits per heavy atom. The van der Waals surface area contributed by atoms with Gasteiger partial charge < -0.3 is 13.2 Å². The van der Waals surface area contributed by atoms with Gasteiger partial charge in [0.05, 0.1) is 0 Å². The van der Waals surface area contributed by atoms with Crippen LogP contribution in [-0.2, 0) is 25.8 Å². The minimum absolute atomic E-state index is 0. The molecule has 0 aliphatic heterocycles. The minimum Gasteiger partial charge on any atom is -0.0622 e. The predicted octanol–water partition coefficient (Wildman–Crippen LogP) is 10.3. The van der Waals surface area contributed by atoms with Gasteiger partial charge in [0.25, 0.3) is 0 Å². The number of hydrogen-bond acceptors (Lipinski definition) is 0. The van der Waals surface area contributed by atoms with Crippen LogP contribution in [0.25, 0.3) is 16.9 Å². The van der Waals surface area contributed by atoms with Crippen molar-refractivity contribution in [3.05, 3.63) is 127 Å². The maximum atomic E-state index is 8.46. The van der Waals surface area contributed by atoms with Crippen LogP contribution in [0.1, 0.15) is 80.1 Å². The summed E-state index contributed by atoms with van der Waals surface area (Å²) in [6, 6.07) is 31.2. The van der Waals surface area contributed by atoms with E-state index in [9.17, 15) is 0 Å². The van der Waals surface area contributed by atoms with Crippen molar-refractivity contribution in [1.29, 1.82) is 0 Å². The number of benzene rings is 3. The van der Waals surface area contributed by atoms with Crippen LogP contribution in [0.3, 0.4) is 0 Å². The monoisotopic (exact) mass is 801 g/mol. The fourth-order valence-electron chi connectivity index (χ4n) is 8.35. The maximum Gasteiger partial charge on any atom is 0 e. The van der Waals surface area contributed by atoms with Gasteiger partial charge in [-0.1, -0.05) is 120 Å². The molecule has 4 bridgehead atoms. The predicted molar refractivity (Wildman–Crippen MR) is 187 cm³/mol. The first-order valence-electron chi connectivity index (χ1n) is 15.4. The van der Waals surface area contributed by atoms with Crippen LogP contribution in [0, 0.1) is 36.2 Å². The summed E-state index contributed by atoms with van der Waals surface area (Å²) in [5.74, 6) is 1.45. The Morgan fingerprint density at radius 2 is 1.12 bits per heavy atom. The Bertz CT molecular complexity index is 1240. The smallest absolute Gasteiger partial charge is 0 e. The molecule has 3 aromatic rings. The Kier molecular flexibility index (Phi) is 14.2. The van der Waals surface area contributed by atoms with E-state index in [2.05, 4.69) is 120 Å². The quantitative estimate of drug-likeness (QED) is 0.173. The fraction of sp³-hybridized carbons (Fsp3) is 0.425. The molecule has 5 aliphatic carbocycles. The molecule has 3 aromatic carbocycles. The van der Waals surface area contributed by atoms with Gasteiger partial charge in [0.15, 0.2) is 0 Å². The van der Waals surface area contributed by atoms with Crippen LogP contribution in [0.15, 0.2) is 108 Å². The first-order chi connectivity index (χ1) is 19.4. The van der Waals surface area contributed by atoms with Gasteiger partial charge in [-0.3, -0.25) is 6.08 Å². The average Bonchev–Trinajstić information content (AvgIpc) is 3.13. The van der Waals surface area contributed by atoms with Crippen molar-refractivity contribution >= 4 is 20.9 Å². The summed E-state index contributed by atoms with van der Waals surface area (Å²) < 4.78 is 1.45. The summed E-state index contributed by atoms with van der Waals surface area (Å²) in [7, 11) is 0. The van der Waals surface area contributed by atoms with E-state index >= 15 is 0 Å². The Labute approximate surface area is 291 Å². The molecule has 1 nitrogen and oxygen atoms in total. The van der Waals surface area contributed by atoms with E-state index in [4.69, 9.17) is 5.73 Å². The molecule has 43 heavy (non-hydrogen) atoms. The molecule has 229 valence electrons. The Morgan fingerprint density at radius 1 is 0.698 bits per heavy atom. The molecule has 1 radical (unpaired) electrons. The molecule has 0 heterocycles. The molecule has 4 fully saturated rings. The minimum atomic E-state index is -0.0249. The van der Waals surface area contributed by atoms with Crippen LogP contribution >= 0.6 is 0 Å². The molecule has 1 N–H and O–H groups in total. The summed E-state index contributed by atoms with van der Waals surface area (Å²) in [5.41, 5.74) is 16.3. The zero-order valence-corrected chi connectivity index (χ0v) is 34.3. The van der Waals surface area contributed by atoms with Gasteiger partial charge in [0.1, 0.15) is 0 Å². The molecule has 0 aromatic heterocycles. The van der Waals surface area contributed by atoms with E-state index in [0.717, 1.165) is 5.92 Å². The van der Waals surface area contributed by atoms with Crippen LogP contribution in [0.4, 0.5) is 0 Å². The van der Waals surface area contributed by atoms with Crippen molar-refractivity contribution in [2.45, 2.75) is 85.6 Å². The van der Waals surface area contributed by atoms with Gasteiger partial charge in [0, 0.05) is 25.8 Å². The maximum absolute atomic E-state index is 8.46. The second-order valence-corrected chi connectivity index (χ2v) is 15.6. The molecule has 3 heteroatoms. The van der Waals surface area contributed by atoms with Gasteiger partial charge in [-0.05, 0) is 47.1 Å². The third kappa shape index (κ3) is 10.5. The van der Waals surface area contributed by atoms with E-state index in [-0.39, 0.29) is 38.8 Å². The largest absolute Gasteiger partial charge is 0.0622 e. The molecular weight excluding hydrogens is 746 g/mol. The summed E-state index contributed by atoms with van der Waals surface area (Å²) in [5, 5.41) is 0. The third-order valence-corrected chi connectivity index (χ3v) is 10.6. The standard InChI is InChI=1S/C12H20N.C12H10.C9H13.C6H7Ge.CH3.Hf/c1-10-3-9-4-11(2,6-10)8-12(13,5-9)7-10;1-3-7-11(8-4-1)12-9-5-2-6-10-12;1-6-5-7(2)9(4)8(6)3;7-6-4-2-1-3-5-6;;/h9,13H,3-8H2,1-2H3;1-10H;6H,1-4H3;1-5H,7H2;1H3;/q-1;;-1;;-1;. The van der Waals surface area contributed by atoms with Crippen LogP contribution in [0.2, 0.25) is 0 Å². The molecule has 0 amide bonds. The molecule has 3 atom stereocenters. The summed E-state index contributed by atoms with van der Waals surface area (Å²) in [6.45, 7) is 13.5. The second-order valence-electron chi connectivity index (χ2n) is 13.9. The SMILES string of the molecule is CC12CC3CC(C)(C1)CC([NH-])(C3)C2.CC1=[C-]C(C)C(C)=C1C.[CH3-].[GeH2][c]1ccccc1.[Hf].c1ccc(-c2ccccc2)cc1. The molecule has 8 rings (SSSR count). The van der Waals surface area contributed by atoms with Crippen LogP contribution < -0.4 is 4.40 Å². The van der Waals surface area contributed by atoms with Crippen molar-refractivity contribution in [2.75, 3.05) is 0 Å². The zero-order valence-electron chi connectivity index (χ0n) is 27.8. The molecule has 4 saturated carbocycles. The topological polar surface area (TPSA) is 23.8 Å². The van der Waals surface area contributed by atoms with E-state index < -0.39 is 0 Å². The Balaban J connectivity index is 0.000000202. The average molecular weight is 799 g/mol. The summed E-state index contributed by atoms with van der Waals surface area (Å²) in [4.78, 5) is 0. The molecule has 0 saturated heterocycles. The first kappa shape index (κ1) is 37.7. The number of rotatable bonds is 1. The number of hydrogen-bond donors (Lipinski definition) is 0. The normalized spacial score (nSPS) is 29.3. The second kappa shape index (κ2) is 16.2. The van der Waals surface area contributed by atoms with E-state index in [1.54, 1.807) is 0 Å². The van der Waals surface area contributed by atoms with Gasteiger partial charge in [0.2, 0.25) is 0 Å². The first-order valence-corrected chi connectivity index (χ1v) is 16.9. The van der Waals surface area contributed by atoms with Crippen LogP contribution in [0.5, 0.6) is 0 Å². The zero-order chi connectivity index (χ0) is 29.7. The van der Waals surface area contributed by atoms with E-state index in [1.807, 2.05) is 18.2 Å². The fourth-order valence-corrected chi connectivity index (χ4v) is 8.92. The molecule has 0 spiro atoms. The van der Waals surface area contributed by atoms with Gasteiger partial charge in [-0.25, -0.2) is 5.57 Å². The van der Waals surface area contributed by atoms with Crippen molar-refractivity contribution < 1.29 is 25.8 Å². The van der Waals surface area contributed by atoms with Crippen molar-refractivity contribution in [1.82, 2.24) is 0 Å². The number of allylic oxidation sites excluding steroid dienone is 4. The summed E-state index contributed by atoms with van der Waals surface area (Å²) >= 11 is 1.26. The molecule has 5 aliphatic rings. The van der Waals surface area contributed by atoms with Gasteiger partial charge in [-0.2, -0.15) is 11.1 Å². The number of nitrogens with one attached hydrogen (secondary N) is 1. The van der Waals surface area contributed by atoms with Crippen molar-refractivity contribution in [2.24, 2.45) is 22.7 Å². The molecular formula is C40H53GeHfN-3. The van der Waals surface area contributed by atoms with Crippen molar-refractivity contribution in [3.8, 4) is 11.1 Å². The molecule has 3 unspecified atom stereocenters. The van der Waals surface area contributed by atoms with Gasteiger partial charge in [-0.15, -0.1) is 12.5 Å². The van der Waals surface area contributed by atoms with E-state index in [0.29, 0.717) is 16.7 Å². The van der Waals surface area contributed by atoms with Gasteiger partial charge >= 0.3 is 51.2 Å². The Hall–Kier alpha value is -1.49. The summed E-state index contributed by atoms with van der Waals surface area (Å²) in [6.07, 6.45) is 11.2. The van der Waals surface area contributed by atoms with E-state index in [1.165, 1.54) is 87.3 Å².